The van der Waals surface area contributed by atoms with Crippen molar-refractivity contribution in [2.24, 2.45) is 0 Å². The highest BCUT2D eigenvalue weighted by molar-refractivity contribution is 6.07. The second-order valence-electron chi connectivity index (χ2n) is 5.78. The average molecular weight is 342 g/mol. The number of ether oxygens (including phenoxy) is 1. The topological polar surface area (TPSA) is 81.5 Å². The predicted octanol–water partition coefficient (Wildman–Crippen LogP) is 4.72. The molecule has 25 heavy (non-hydrogen) atoms. The molecule has 1 amide bonds. The summed E-state index contributed by atoms with van der Waals surface area (Å²) in [5.74, 6) is 0.0453. The van der Waals surface area contributed by atoms with Crippen LogP contribution in [0.4, 0.5) is 11.4 Å². The first-order valence-electron chi connectivity index (χ1n) is 8.31. The highest BCUT2D eigenvalue weighted by atomic mass is 16.6. The number of aryl methyl sites for hydroxylation is 1. The van der Waals surface area contributed by atoms with Crippen LogP contribution in [0, 0.1) is 17.0 Å². The van der Waals surface area contributed by atoms with Crippen LogP contribution in [0.1, 0.15) is 42.1 Å². The Morgan fingerprint density at radius 3 is 2.68 bits per heavy atom. The van der Waals surface area contributed by atoms with Crippen LogP contribution in [0.15, 0.2) is 42.5 Å². The summed E-state index contributed by atoms with van der Waals surface area (Å²) in [6.07, 6.45) is 3.06. The van der Waals surface area contributed by atoms with Crippen molar-refractivity contribution in [3.63, 3.8) is 0 Å². The molecule has 0 aliphatic rings. The van der Waals surface area contributed by atoms with Gasteiger partial charge in [-0.3, -0.25) is 14.9 Å². The number of para-hydroxylation sites is 1. The minimum absolute atomic E-state index is 0.130. The highest BCUT2D eigenvalue weighted by Gasteiger charge is 2.18. The Hall–Kier alpha value is -2.89. The molecule has 2 aromatic carbocycles. The molecule has 0 aliphatic heterocycles. The van der Waals surface area contributed by atoms with Crippen LogP contribution in [0.5, 0.6) is 5.75 Å². The van der Waals surface area contributed by atoms with E-state index in [1.54, 1.807) is 37.3 Å². The molecule has 0 radical (unpaired) electrons. The van der Waals surface area contributed by atoms with E-state index in [2.05, 4.69) is 12.2 Å². The first-order chi connectivity index (χ1) is 12.0. The number of carbonyl (C=O) groups is 1. The smallest absolute Gasteiger partial charge is 0.293 e. The van der Waals surface area contributed by atoms with Crippen molar-refractivity contribution in [3.05, 3.63) is 63.7 Å². The molecule has 0 spiro atoms. The van der Waals surface area contributed by atoms with Crippen LogP contribution in [-0.4, -0.2) is 17.4 Å². The van der Waals surface area contributed by atoms with Crippen LogP contribution in [-0.2, 0) is 0 Å². The summed E-state index contributed by atoms with van der Waals surface area (Å²) in [5.41, 5.74) is 1.15. The molecule has 0 aliphatic carbocycles. The number of nitro groups is 1. The van der Waals surface area contributed by atoms with Gasteiger partial charge in [-0.05, 0) is 37.1 Å². The zero-order chi connectivity index (χ0) is 18.2. The van der Waals surface area contributed by atoms with E-state index in [4.69, 9.17) is 4.74 Å². The second kappa shape index (κ2) is 8.82. The molecule has 6 nitrogen and oxygen atoms in total. The van der Waals surface area contributed by atoms with Gasteiger partial charge in [-0.2, -0.15) is 0 Å². The van der Waals surface area contributed by atoms with Gasteiger partial charge in [0.05, 0.1) is 17.1 Å². The number of nitrogens with zero attached hydrogens (tertiary/aromatic N) is 1. The fourth-order valence-electron chi connectivity index (χ4n) is 2.40. The Labute approximate surface area is 147 Å². The third-order valence-corrected chi connectivity index (χ3v) is 3.74. The van der Waals surface area contributed by atoms with Crippen LogP contribution in [0.2, 0.25) is 0 Å². The molecule has 6 heteroatoms. The molecule has 2 aromatic rings. The summed E-state index contributed by atoms with van der Waals surface area (Å²) in [6, 6.07) is 11.6. The first-order valence-corrected chi connectivity index (χ1v) is 8.31. The van der Waals surface area contributed by atoms with Crippen LogP contribution < -0.4 is 10.1 Å². The van der Waals surface area contributed by atoms with E-state index in [-0.39, 0.29) is 11.4 Å². The van der Waals surface area contributed by atoms with E-state index in [1.807, 2.05) is 0 Å². The van der Waals surface area contributed by atoms with Gasteiger partial charge < -0.3 is 10.1 Å². The normalized spacial score (nSPS) is 10.3. The molecule has 0 atom stereocenters. The highest BCUT2D eigenvalue weighted by Crippen LogP contribution is 2.27. The summed E-state index contributed by atoms with van der Waals surface area (Å²) in [7, 11) is 0. The first kappa shape index (κ1) is 18.4. The minimum atomic E-state index is -0.504. The second-order valence-corrected chi connectivity index (χ2v) is 5.78. The number of hydrogen-bond donors (Lipinski definition) is 1. The maximum Gasteiger partial charge on any atom is 0.293 e. The molecule has 0 bridgehead atoms. The van der Waals surface area contributed by atoms with Gasteiger partial charge in [0.15, 0.2) is 0 Å². The van der Waals surface area contributed by atoms with E-state index in [0.717, 1.165) is 24.8 Å². The number of nitro benzene ring substituents is 1. The van der Waals surface area contributed by atoms with Crippen molar-refractivity contribution >= 4 is 17.3 Å². The molecule has 0 aromatic heterocycles. The predicted molar refractivity (Wildman–Crippen MR) is 97.2 cm³/mol. The molecule has 2 rings (SSSR count). The number of anilines is 1. The van der Waals surface area contributed by atoms with Crippen molar-refractivity contribution < 1.29 is 14.5 Å². The molecular formula is C19H22N2O4. The molecule has 0 heterocycles. The van der Waals surface area contributed by atoms with Gasteiger partial charge >= 0.3 is 0 Å². The number of carbonyl (C=O) groups excluding carboxylic acids is 1. The molecule has 0 unspecified atom stereocenters. The van der Waals surface area contributed by atoms with E-state index in [9.17, 15) is 14.9 Å². The van der Waals surface area contributed by atoms with Gasteiger partial charge in [-0.15, -0.1) is 0 Å². The average Bonchev–Trinajstić information content (AvgIpc) is 2.60. The van der Waals surface area contributed by atoms with Crippen LogP contribution in [0.3, 0.4) is 0 Å². The molecule has 0 saturated heterocycles. The summed E-state index contributed by atoms with van der Waals surface area (Å²) in [5, 5.41) is 13.8. The van der Waals surface area contributed by atoms with Crippen LogP contribution in [0.25, 0.3) is 0 Å². The lowest BCUT2D eigenvalue weighted by molar-refractivity contribution is -0.384. The van der Waals surface area contributed by atoms with Gasteiger partial charge in [-0.1, -0.05) is 38.0 Å². The number of unbranched alkanes of at least 4 members (excludes halogenated alkanes) is 2. The monoisotopic (exact) mass is 342 g/mol. The lowest BCUT2D eigenvalue weighted by atomic mass is 10.1. The molecular weight excluding hydrogens is 320 g/mol. The third-order valence-electron chi connectivity index (χ3n) is 3.74. The van der Waals surface area contributed by atoms with Crippen molar-refractivity contribution in [2.75, 3.05) is 11.9 Å². The molecule has 1 N–H and O–H groups in total. The van der Waals surface area contributed by atoms with Gasteiger partial charge in [0.25, 0.3) is 11.6 Å². The van der Waals surface area contributed by atoms with E-state index in [0.29, 0.717) is 17.9 Å². The summed E-state index contributed by atoms with van der Waals surface area (Å²) >= 11 is 0. The fraction of sp³-hybridized carbons (Fsp3) is 0.316. The number of rotatable bonds is 8. The van der Waals surface area contributed by atoms with Crippen molar-refractivity contribution in [1.82, 2.24) is 0 Å². The summed E-state index contributed by atoms with van der Waals surface area (Å²) in [6.45, 7) is 4.40. The quantitative estimate of drug-likeness (QED) is 0.427. The standard InChI is InChI=1S/C19H22N2O4/c1-3-4-7-12-25-18-9-6-5-8-15(18)19(22)20-16-11-10-14(2)13-17(16)21(23)24/h5-6,8-11,13H,3-4,7,12H2,1-2H3,(H,20,22). The zero-order valence-electron chi connectivity index (χ0n) is 14.5. The van der Waals surface area contributed by atoms with E-state index in [1.165, 1.54) is 12.1 Å². The SMILES string of the molecule is CCCCCOc1ccccc1C(=O)Nc1ccc(C)cc1[N+](=O)[O-]. The lowest BCUT2D eigenvalue weighted by Crippen LogP contribution is -2.15. The Morgan fingerprint density at radius 2 is 1.96 bits per heavy atom. The zero-order valence-corrected chi connectivity index (χ0v) is 14.5. The van der Waals surface area contributed by atoms with Gasteiger partial charge in [0.1, 0.15) is 11.4 Å². The minimum Gasteiger partial charge on any atom is -0.493 e. The lowest BCUT2D eigenvalue weighted by Gasteiger charge is -2.12. The molecule has 0 fully saturated rings. The Bertz CT molecular complexity index is 759. The maximum absolute atomic E-state index is 12.6. The van der Waals surface area contributed by atoms with Gasteiger partial charge in [0.2, 0.25) is 0 Å². The Balaban J connectivity index is 2.18. The van der Waals surface area contributed by atoms with Crippen molar-refractivity contribution in [1.29, 1.82) is 0 Å². The summed E-state index contributed by atoms with van der Waals surface area (Å²) < 4.78 is 5.70. The number of amides is 1. The Kier molecular flexibility index (Phi) is 6.51. The van der Waals surface area contributed by atoms with E-state index < -0.39 is 10.8 Å². The number of nitrogens with one attached hydrogen (secondary N) is 1. The van der Waals surface area contributed by atoms with Crippen molar-refractivity contribution in [2.45, 2.75) is 33.1 Å². The maximum atomic E-state index is 12.6. The summed E-state index contributed by atoms with van der Waals surface area (Å²) in [4.78, 5) is 23.3. The molecule has 0 saturated carbocycles. The number of hydrogen-bond acceptors (Lipinski definition) is 4. The number of benzene rings is 2. The largest absolute Gasteiger partial charge is 0.493 e. The Morgan fingerprint density at radius 1 is 1.20 bits per heavy atom. The molecule has 132 valence electrons. The van der Waals surface area contributed by atoms with Crippen LogP contribution >= 0.6 is 0 Å². The fourth-order valence-corrected chi connectivity index (χ4v) is 2.40. The van der Waals surface area contributed by atoms with E-state index >= 15 is 0 Å². The third kappa shape index (κ3) is 5.04. The van der Waals surface area contributed by atoms with Gasteiger partial charge in [0, 0.05) is 6.07 Å². The van der Waals surface area contributed by atoms with Gasteiger partial charge in [-0.25, -0.2) is 0 Å². The van der Waals surface area contributed by atoms with Crippen molar-refractivity contribution in [3.8, 4) is 5.75 Å².